The molecule has 0 aliphatic carbocycles. The van der Waals surface area contributed by atoms with E-state index in [1.807, 2.05) is 32.2 Å². The number of fused-ring (bicyclic) bond motifs is 1. The van der Waals surface area contributed by atoms with Gasteiger partial charge in [-0.3, -0.25) is 4.79 Å². The number of hydrogen-bond acceptors (Lipinski definition) is 4. The molecule has 2 rings (SSSR count). The van der Waals surface area contributed by atoms with E-state index in [0.29, 0.717) is 6.42 Å². The second-order valence-electron chi connectivity index (χ2n) is 4.71. The Balaban J connectivity index is 2.12. The minimum atomic E-state index is -0.564. The van der Waals surface area contributed by atoms with Crippen LogP contribution in [0.25, 0.3) is 11.0 Å². The summed E-state index contributed by atoms with van der Waals surface area (Å²) in [5.41, 5.74) is 8.94. The number of aromatic nitrogens is 2. The third-order valence-electron chi connectivity index (χ3n) is 3.42. The summed E-state index contributed by atoms with van der Waals surface area (Å²) in [6, 6.07) is 5.58. The van der Waals surface area contributed by atoms with Crippen LogP contribution in [0.15, 0.2) is 18.2 Å². The van der Waals surface area contributed by atoms with Gasteiger partial charge in [-0.1, -0.05) is 6.07 Å². The molecular weight excluding hydrogens is 242 g/mol. The van der Waals surface area contributed by atoms with Crippen molar-refractivity contribution < 1.29 is 9.53 Å². The summed E-state index contributed by atoms with van der Waals surface area (Å²) in [4.78, 5) is 15.7. The van der Waals surface area contributed by atoms with Crippen LogP contribution in [-0.4, -0.2) is 28.7 Å². The highest BCUT2D eigenvalue weighted by molar-refractivity contribution is 5.77. The van der Waals surface area contributed by atoms with Crippen LogP contribution < -0.4 is 5.73 Å². The van der Waals surface area contributed by atoms with Gasteiger partial charge in [-0.15, -0.1) is 0 Å². The molecule has 0 amide bonds. The molecule has 2 aromatic rings. The molecule has 1 unspecified atom stereocenters. The standard InChI is InChI=1S/C14H19N3O2/c1-9-16-12-8-10(5-7-13(12)17(9)2)4-6-11(15)14(18)19-3/h5,7-8,11H,4,6,15H2,1-3H3. The normalized spacial score (nSPS) is 12.6. The molecule has 1 heterocycles. The van der Waals surface area contributed by atoms with Crippen molar-refractivity contribution in [2.45, 2.75) is 25.8 Å². The highest BCUT2D eigenvalue weighted by atomic mass is 16.5. The lowest BCUT2D eigenvalue weighted by Gasteiger charge is -2.08. The average Bonchev–Trinajstić information content (AvgIpc) is 2.70. The quantitative estimate of drug-likeness (QED) is 0.843. The average molecular weight is 261 g/mol. The van der Waals surface area contributed by atoms with Crippen LogP contribution in [-0.2, 0) is 23.0 Å². The van der Waals surface area contributed by atoms with E-state index in [1.54, 1.807) is 0 Å². The Labute approximate surface area is 112 Å². The summed E-state index contributed by atoms with van der Waals surface area (Å²) in [6.07, 6.45) is 1.31. The number of carbonyl (C=O) groups excluding carboxylic acids is 1. The lowest BCUT2D eigenvalue weighted by atomic mass is 10.1. The zero-order valence-electron chi connectivity index (χ0n) is 11.5. The molecule has 5 nitrogen and oxygen atoms in total. The second-order valence-corrected chi connectivity index (χ2v) is 4.71. The van der Waals surface area contributed by atoms with Crippen LogP contribution in [0.5, 0.6) is 0 Å². The largest absolute Gasteiger partial charge is 0.468 e. The van der Waals surface area contributed by atoms with Gasteiger partial charge in [0.15, 0.2) is 0 Å². The first-order chi connectivity index (χ1) is 9.02. The zero-order valence-corrected chi connectivity index (χ0v) is 11.5. The molecule has 5 heteroatoms. The number of nitrogens with zero attached hydrogens (tertiary/aromatic N) is 2. The smallest absolute Gasteiger partial charge is 0.322 e. The third kappa shape index (κ3) is 2.76. The molecule has 0 spiro atoms. The van der Waals surface area contributed by atoms with E-state index < -0.39 is 6.04 Å². The van der Waals surface area contributed by atoms with Gasteiger partial charge in [-0.2, -0.15) is 0 Å². The number of benzene rings is 1. The van der Waals surface area contributed by atoms with Gasteiger partial charge in [-0.25, -0.2) is 4.98 Å². The summed E-state index contributed by atoms with van der Waals surface area (Å²) in [6.45, 7) is 1.98. The summed E-state index contributed by atoms with van der Waals surface area (Å²) in [5, 5.41) is 0. The first-order valence-electron chi connectivity index (χ1n) is 6.28. The van der Waals surface area contributed by atoms with Crippen molar-refractivity contribution in [2.75, 3.05) is 7.11 Å². The molecule has 0 bridgehead atoms. The predicted octanol–water partition coefficient (Wildman–Crippen LogP) is 1.31. The van der Waals surface area contributed by atoms with E-state index >= 15 is 0 Å². The summed E-state index contributed by atoms with van der Waals surface area (Å²) < 4.78 is 6.66. The molecule has 0 aliphatic heterocycles. The molecule has 1 aromatic carbocycles. The lowest BCUT2D eigenvalue weighted by Crippen LogP contribution is -2.31. The fourth-order valence-electron chi connectivity index (χ4n) is 2.11. The molecule has 19 heavy (non-hydrogen) atoms. The fourth-order valence-corrected chi connectivity index (χ4v) is 2.11. The van der Waals surface area contributed by atoms with Crippen LogP contribution in [0.1, 0.15) is 17.8 Å². The van der Waals surface area contributed by atoms with Gasteiger partial charge in [0, 0.05) is 7.05 Å². The van der Waals surface area contributed by atoms with E-state index in [9.17, 15) is 4.79 Å². The molecule has 2 N–H and O–H groups in total. The van der Waals surface area contributed by atoms with E-state index in [2.05, 4.69) is 14.3 Å². The number of carbonyl (C=O) groups is 1. The Morgan fingerprint density at radius 3 is 2.95 bits per heavy atom. The Morgan fingerprint density at radius 1 is 1.53 bits per heavy atom. The number of imidazole rings is 1. The maximum atomic E-state index is 11.2. The van der Waals surface area contributed by atoms with Crippen molar-refractivity contribution in [3.63, 3.8) is 0 Å². The predicted molar refractivity (Wildman–Crippen MR) is 73.8 cm³/mol. The molecule has 0 fully saturated rings. The van der Waals surface area contributed by atoms with Crippen molar-refractivity contribution in [3.8, 4) is 0 Å². The first-order valence-corrected chi connectivity index (χ1v) is 6.28. The minimum Gasteiger partial charge on any atom is -0.468 e. The number of esters is 1. The number of aryl methyl sites for hydroxylation is 3. The number of methoxy groups -OCH3 is 1. The molecule has 0 aliphatic rings. The SMILES string of the molecule is COC(=O)C(N)CCc1ccc2c(c1)nc(C)n2C. The highest BCUT2D eigenvalue weighted by Gasteiger charge is 2.13. The van der Waals surface area contributed by atoms with Crippen molar-refractivity contribution in [2.24, 2.45) is 12.8 Å². The maximum Gasteiger partial charge on any atom is 0.322 e. The van der Waals surface area contributed by atoms with Gasteiger partial charge in [0.25, 0.3) is 0 Å². The molecule has 0 saturated heterocycles. The second kappa shape index (κ2) is 5.40. The fraction of sp³-hybridized carbons (Fsp3) is 0.429. The molecule has 0 radical (unpaired) electrons. The van der Waals surface area contributed by atoms with Crippen LogP contribution in [0.4, 0.5) is 0 Å². The monoisotopic (exact) mass is 261 g/mol. The Kier molecular flexibility index (Phi) is 3.85. The van der Waals surface area contributed by atoms with E-state index in [-0.39, 0.29) is 5.97 Å². The summed E-state index contributed by atoms with van der Waals surface area (Å²) in [5.74, 6) is 0.619. The topological polar surface area (TPSA) is 70.1 Å². The van der Waals surface area contributed by atoms with Gasteiger partial charge in [0.1, 0.15) is 11.9 Å². The number of nitrogens with two attached hydrogens (primary N) is 1. The van der Waals surface area contributed by atoms with Crippen LogP contribution in [0.3, 0.4) is 0 Å². The van der Waals surface area contributed by atoms with Crippen molar-refractivity contribution >= 4 is 17.0 Å². The van der Waals surface area contributed by atoms with Gasteiger partial charge >= 0.3 is 5.97 Å². The Morgan fingerprint density at radius 2 is 2.26 bits per heavy atom. The maximum absolute atomic E-state index is 11.2. The van der Waals surface area contributed by atoms with Crippen LogP contribution in [0, 0.1) is 6.92 Å². The molecule has 102 valence electrons. The number of rotatable bonds is 4. The van der Waals surface area contributed by atoms with Crippen LogP contribution in [0.2, 0.25) is 0 Å². The van der Waals surface area contributed by atoms with Gasteiger partial charge in [0.2, 0.25) is 0 Å². The number of hydrogen-bond donors (Lipinski definition) is 1. The van der Waals surface area contributed by atoms with Gasteiger partial charge in [-0.05, 0) is 37.5 Å². The lowest BCUT2D eigenvalue weighted by molar-refractivity contribution is -0.142. The Bertz CT molecular complexity index is 604. The van der Waals surface area contributed by atoms with Gasteiger partial charge < -0.3 is 15.0 Å². The van der Waals surface area contributed by atoms with E-state index in [1.165, 1.54) is 7.11 Å². The molecular formula is C14H19N3O2. The van der Waals surface area contributed by atoms with Crippen molar-refractivity contribution in [3.05, 3.63) is 29.6 Å². The zero-order chi connectivity index (χ0) is 14.0. The van der Waals surface area contributed by atoms with E-state index in [0.717, 1.165) is 28.8 Å². The van der Waals surface area contributed by atoms with Crippen LogP contribution >= 0.6 is 0 Å². The number of ether oxygens (including phenoxy) is 1. The van der Waals surface area contributed by atoms with Gasteiger partial charge in [0.05, 0.1) is 18.1 Å². The van der Waals surface area contributed by atoms with Crippen molar-refractivity contribution in [1.82, 2.24) is 9.55 Å². The molecule has 1 atom stereocenters. The summed E-state index contributed by atoms with van der Waals surface area (Å²) >= 11 is 0. The van der Waals surface area contributed by atoms with Crippen molar-refractivity contribution in [1.29, 1.82) is 0 Å². The molecule has 1 aromatic heterocycles. The highest BCUT2D eigenvalue weighted by Crippen LogP contribution is 2.17. The summed E-state index contributed by atoms with van der Waals surface area (Å²) in [7, 11) is 3.35. The molecule has 0 saturated carbocycles. The van der Waals surface area contributed by atoms with E-state index in [4.69, 9.17) is 5.73 Å². The first kappa shape index (κ1) is 13.5. The Hall–Kier alpha value is -1.88. The third-order valence-corrected chi connectivity index (χ3v) is 3.42. The minimum absolute atomic E-state index is 0.366.